The Morgan fingerprint density at radius 1 is 1.24 bits per heavy atom. The van der Waals surface area contributed by atoms with Crippen LogP contribution in [-0.2, 0) is 4.79 Å². The molecule has 0 bridgehead atoms. The molecule has 1 aromatic carbocycles. The number of carboxylic acids is 1. The Kier molecular flexibility index (Phi) is 7.73. The average molecular weight is 460 g/mol. The van der Waals surface area contributed by atoms with Gasteiger partial charge in [0.05, 0.1) is 31.2 Å². The number of ether oxygens (including phenoxy) is 1. The molecule has 1 fully saturated rings. The van der Waals surface area contributed by atoms with Gasteiger partial charge in [0.25, 0.3) is 0 Å². The van der Waals surface area contributed by atoms with Crippen molar-refractivity contribution in [1.82, 2.24) is 14.9 Å². The highest BCUT2D eigenvalue weighted by molar-refractivity contribution is 5.83. The summed E-state index contributed by atoms with van der Waals surface area (Å²) in [6.07, 6.45) is 6.31. The van der Waals surface area contributed by atoms with Crippen LogP contribution in [0.1, 0.15) is 36.5 Å². The third kappa shape index (κ3) is 5.71. The van der Waals surface area contributed by atoms with Gasteiger partial charge in [0.15, 0.2) is 0 Å². The summed E-state index contributed by atoms with van der Waals surface area (Å²) < 4.78 is 5.32. The predicted octanol–water partition coefficient (Wildman–Crippen LogP) is 3.53. The first-order valence-corrected chi connectivity index (χ1v) is 11.5. The molecule has 0 radical (unpaired) electrons. The molecule has 2 aromatic heterocycles. The normalized spacial score (nSPS) is 19.2. The fourth-order valence-electron chi connectivity index (χ4n) is 4.62. The van der Waals surface area contributed by atoms with Crippen molar-refractivity contribution in [2.75, 3.05) is 26.7 Å². The van der Waals surface area contributed by atoms with Crippen molar-refractivity contribution in [3.63, 3.8) is 0 Å². The molecule has 0 unspecified atom stereocenters. The quantitative estimate of drug-likeness (QED) is 0.522. The number of likely N-dealkylation sites (tertiary alicyclic amines) is 1. The number of piperidine rings is 1. The fraction of sp³-hybridized carbons (Fsp3) is 0.370. The summed E-state index contributed by atoms with van der Waals surface area (Å²) in [5, 5.41) is 21.7. The summed E-state index contributed by atoms with van der Waals surface area (Å²) in [6, 6.07) is 11.1. The lowest BCUT2D eigenvalue weighted by atomic mass is 9.81. The van der Waals surface area contributed by atoms with E-state index in [4.69, 9.17) is 4.74 Å². The van der Waals surface area contributed by atoms with E-state index in [9.17, 15) is 15.0 Å². The van der Waals surface area contributed by atoms with Gasteiger partial charge in [-0.3, -0.25) is 19.7 Å². The van der Waals surface area contributed by atoms with E-state index in [-0.39, 0.29) is 5.92 Å². The first-order chi connectivity index (χ1) is 16.5. The van der Waals surface area contributed by atoms with E-state index < -0.39 is 18.0 Å². The smallest absolute Gasteiger partial charge is 0.308 e. The van der Waals surface area contributed by atoms with Crippen molar-refractivity contribution in [1.29, 1.82) is 0 Å². The molecule has 3 aromatic rings. The molecule has 7 heteroatoms. The van der Waals surface area contributed by atoms with Crippen molar-refractivity contribution in [3.05, 3.63) is 66.1 Å². The van der Waals surface area contributed by atoms with Gasteiger partial charge < -0.3 is 14.9 Å². The number of benzene rings is 1. The van der Waals surface area contributed by atoms with Gasteiger partial charge in [-0.25, -0.2) is 0 Å². The summed E-state index contributed by atoms with van der Waals surface area (Å²) in [4.78, 5) is 22.5. The second-order valence-electron chi connectivity index (χ2n) is 8.64. The Hall–Kier alpha value is -3.47. The number of hydrogen-bond acceptors (Lipinski definition) is 6. The maximum Gasteiger partial charge on any atom is 0.308 e. The van der Waals surface area contributed by atoms with Gasteiger partial charge in [0.1, 0.15) is 5.75 Å². The third-order valence-corrected chi connectivity index (χ3v) is 6.53. The largest absolute Gasteiger partial charge is 0.497 e. The number of nitrogens with zero attached hydrogens (tertiary/aromatic N) is 3. The Bertz CT molecular complexity index is 1190. The van der Waals surface area contributed by atoms with Crippen LogP contribution in [0, 0.1) is 23.7 Å². The molecular weight excluding hydrogens is 430 g/mol. The second kappa shape index (κ2) is 11.1. The van der Waals surface area contributed by atoms with Crippen LogP contribution in [0.2, 0.25) is 0 Å². The summed E-state index contributed by atoms with van der Waals surface area (Å²) in [6.45, 7) is 1.80. The summed E-state index contributed by atoms with van der Waals surface area (Å²) in [7, 11) is 1.61. The van der Waals surface area contributed by atoms with E-state index >= 15 is 0 Å². The minimum absolute atomic E-state index is 0.0131. The highest BCUT2D eigenvalue weighted by Gasteiger charge is 2.34. The number of carbonyl (C=O) groups is 1. The number of hydrogen-bond donors (Lipinski definition) is 2. The van der Waals surface area contributed by atoms with Crippen molar-refractivity contribution in [2.45, 2.75) is 25.4 Å². The van der Waals surface area contributed by atoms with Gasteiger partial charge >= 0.3 is 5.97 Å². The van der Waals surface area contributed by atoms with Crippen LogP contribution in [-0.4, -0.2) is 57.8 Å². The van der Waals surface area contributed by atoms with Gasteiger partial charge in [0.2, 0.25) is 0 Å². The van der Waals surface area contributed by atoms with Crippen molar-refractivity contribution < 1.29 is 19.7 Å². The molecule has 0 aliphatic carbocycles. The molecule has 176 valence electrons. The summed E-state index contributed by atoms with van der Waals surface area (Å²) in [5.41, 5.74) is 2.48. The van der Waals surface area contributed by atoms with Crippen LogP contribution in [0.15, 0.2) is 55.0 Å². The van der Waals surface area contributed by atoms with E-state index in [2.05, 4.69) is 26.7 Å². The van der Waals surface area contributed by atoms with Crippen molar-refractivity contribution in [3.8, 4) is 17.6 Å². The molecule has 1 aliphatic rings. The number of pyridine rings is 2. The number of aromatic nitrogens is 2. The van der Waals surface area contributed by atoms with E-state index in [0.29, 0.717) is 31.7 Å². The van der Waals surface area contributed by atoms with Gasteiger partial charge in [-0.1, -0.05) is 11.8 Å². The van der Waals surface area contributed by atoms with Gasteiger partial charge in [-0.2, -0.15) is 0 Å². The molecule has 0 spiro atoms. The number of aliphatic hydroxyl groups excluding tert-OH is 1. The summed E-state index contributed by atoms with van der Waals surface area (Å²) in [5.74, 6) is 5.70. The number of aliphatic hydroxyl groups is 1. The summed E-state index contributed by atoms with van der Waals surface area (Å²) >= 11 is 0. The van der Waals surface area contributed by atoms with Gasteiger partial charge in [-0.05, 0) is 73.7 Å². The van der Waals surface area contributed by atoms with E-state index in [0.717, 1.165) is 35.0 Å². The first kappa shape index (κ1) is 23.7. The number of methoxy groups -OCH3 is 1. The number of carboxylic acid groups (broad SMARTS) is 1. The predicted molar refractivity (Wildman–Crippen MR) is 129 cm³/mol. The highest BCUT2D eigenvalue weighted by atomic mass is 16.5. The van der Waals surface area contributed by atoms with Crippen LogP contribution in [0.5, 0.6) is 5.75 Å². The fourth-order valence-corrected chi connectivity index (χ4v) is 4.62. The maximum absolute atomic E-state index is 12.0. The third-order valence-electron chi connectivity index (χ3n) is 6.53. The number of rotatable bonds is 7. The highest BCUT2D eigenvalue weighted by Crippen LogP contribution is 2.33. The van der Waals surface area contributed by atoms with Gasteiger partial charge in [0, 0.05) is 36.1 Å². The Morgan fingerprint density at radius 2 is 2.06 bits per heavy atom. The van der Waals surface area contributed by atoms with E-state index in [1.807, 2.05) is 36.4 Å². The molecular formula is C27H29N3O4. The Morgan fingerprint density at radius 3 is 2.82 bits per heavy atom. The SMILES string of the molecule is COc1ccc2nccc([C@@H](O)CC[C@@H]3CCN(CC#Cc4ccncc4)C[C@@H]3C(=O)O)c2c1. The lowest BCUT2D eigenvalue weighted by Gasteiger charge is -2.36. The molecule has 7 nitrogen and oxygen atoms in total. The Balaban J connectivity index is 1.38. The number of fused-ring (bicyclic) bond motifs is 1. The lowest BCUT2D eigenvalue weighted by Crippen LogP contribution is -2.44. The molecule has 0 saturated carbocycles. The van der Waals surface area contributed by atoms with Crippen LogP contribution in [0.4, 0.5) is 0 Å². The number of aliphatic carboxylic acids is 1. The molecule has 0 amide bonds. The minimum Gasteiger partial charge on any atom is -0.497 e. The van der Waals surface area contributed by atoms with Crippen LogP contribution < -0.4 is 4.74 Å². The Labute approximate surface area is 199 Å². The van der Waals surface area contributed by atoms with Crippen LogP contribution in [0.3, 0.4) is 0 Å². The van der Waals surface area contributed by atoms with Crippen molar-refractivity contribution >= 4 is 16.9 Å². The van der Waals surface area contributed by atoms with Crippen LogP contribution >= 0.6 is 0 Å². The first-order valence-electron chi connectivity index (χ1n) is 11.5. The zero-order valence-electron chi connectivity index (χ0n) is 19.2. The standard InChI is InChI=1S/C27H29N3O4/c1-34-21-5-6-25-23(17-21)22(10-14-29-25)26(31)7-4-20-11-16-30(18-24(20)27(32)33)15-2-3-19-8-12-28-13-9-19/h5-6,8-10,12-14,17,20,24,26,31H,4,7,11,15-16,18H2,1H3,(H,32,33)/t20-,24+,26+/m1/s1. The molecule has 3 atom stereocenters. The van der Waals surface area contributed by atoms with E-state index in [1.165, 1.54) is 0 Å². The molecule has 1 aliphatic heterocycles. The molecule has 2 N–H and O–H groups in total. The van der Waals surface area contributed by atoms with E-state index in [1.54, 1.807) is 25.7 Å². The zero-order chi connectivity index (χ0) is 23.9. The zero-order valence-corrected chi connectivity index (χ0v) is 19.2. The lowest BCUT2D eigenvalue weighted by molar-refractivity contribution is -0.146. The molecule has 34 heavy (non-hydrogen) atoms. The van der Waals surface area contributed by atoms with Crippen molar-refractivity contribution in [2.24, 2.45) is 11.8 Å². The second-order valence-corrected chi connectivity index (χ2v) is 8.64. The average Bonchev–Trinajstić information content (AvgIpc) is 2.87. The monoisotopic (exact) mass is 459 g/mol. The minimum atomic E-state index is -0.787. The molecule has 1 saturated heterocycles. The topological polar surface area (TPSA) is 95.8 Å². The van der Waals surface area contributed by atoms with Crippen LogP contribution in [0.25, 0.3) is 10.9 Å². The maximum atomic E-state index is 12.0. The molecule has 4 rings (SSSR count). The molecule has 3 heterocycles. The van der Waals surface area contributed by atoms with Gasteiger partial charge in [-0.15, -0.1) is 0 Å².